The zero-order valence-electron chi connectivity index (χ0n) is 25.0. The third-order valence-electron chi connectivity index (χ3n) is 3.40. The zero-order chi connectivity index (χ0) is 29.4. The number of carbonyl (C=O) groups excluding carboxylic acids is 2. The Morgan fingerprint density at radius 1 is 1.19 bits per heavy atom. The van der Waals surface area contributed by atoms with E-state index in [2.05, 4.69) is 34.8 Å². The Kier molecular flexibility index (Phi) is 45.3. The van der Waals surface area contributed by atoms with E-state index >= 15 is 0 Å². The molecule has 0 saturated heterocycles. The maximum absolute atomic E-state index is 10.9. The third-order valence-corrected chi connectivity index (χ3v) is 3.70. The number of halogens is 1. The van der Waals surface area contributed by atoms with Crippen molar-refractivity contribution < 1.29 is 19.1 Å². The minimum Gasteiger partial charge on any atom is -0.450 e. The Morgan fingerprint density at radius 3 is 1.94 bits per heavy atom. The van der Waals surface area contributed by atoms with Gasteiger partial charge in [0.1, 0.15) is 5.15 Å². The number of aromatic nitrogens is 1. The molecule has 2 rings (SSSR count). The number of hydrogen-bond acceptors (Lipinski definition) is 5. The lowest BCUT2D eigenvalue weighted by Gasteiger charge is -2.14. The Balaban J connectivity index is -0.000000117. The SMILES string of the molecule is C#Cc1cc(CC)cnc1Cl.CC.CC.CCC.CCNC=O.CCOC(=O)N(C)C1CC1.COC. The number of hydrogen-bond donors (Lipinski definition) is 1. The Bertz CT molecular complexity index is 632. The monoisotopic (exact) mass is 531 g/mol. The van der Waals surface area contributed by atoms with E-state index in [1.54, 1.807) is 32.4 Å². The highest BCUT2D eigenvalue weighted by atomic mass is 35.5. The van der Waals surface area contributed by atoms with E-state index in [0.29, 0.717) is 29.8 Å². The lowest BCUT2D eigenvalue weighted by atomic mass is 10.2. The minimum atomic E-state index is -0.190. The van der Waals surface area contributed by atoms with Crippen LogP contribution in [0.5, 0.6) is 0 Å². The number of nitrogens with zero attached hydrogens (tertiary/aromatic N) is 2. The fourth-order valence-corrected chi connectivity index (χ4v) is 1.86. The first-order valence-electron chi connectivity index (χ1n) is 12.9. The summed E-state index contributed by atoms with van der Waals surface area (Å²) in [4.78, 5) is 25.8. The molecular weight excluding hydrogens is 478 g/mol. The highest BCUT2D eigenvalue weighted by Crippen LogP contribution is 2.25. The van der Waals surface area contributed by atoms with E-state index in [1.165, 1.54) is 6.42 Å². The Hall–Kier alpha value is -2.30. The molecule has 1 N–H and O–H groups in total. The summed E-state index contributed by atoms with van der Waals surface area (Å²) in [7, 11) is 5.04. The summed E-state index contributed by atoms with van der Waals surface area (Å²) in [5.74, 6) is 2.48. The molecule has 0 aliphatic heterocycles. The first kappa shape index (κ1) is 43.7. The largest absolute Gasteiger partial charge is 0.450 e. The molecule has 1 aromatic rings. The Morgan fingerprint density at radius 2 is 1.67 bits per heavy atom. The van der Waals surface area contributed by atoms with E-state index in [1.807, 2.05) is 54.5 Å². The van der Waals surface area contributed by atoms with Crippen LogP contribution in [-0.4, -0.2) is 62.8 Å². The molecule has 0 atom stereocenters. The molecular formula is C28H54ClN3O4. The van der Waals surface area contributed by atoms with Crippen LogP contribution in [0.1, 0.15) is 92.7 Å². The maximum atomic E-state index is 10.9. The van der Waals surface area contributed by atoms with Gasteiger partial charge in [-0.25, -0.2) is 9.78 Å². The summed E-state index contributed by atoms with van der Waals surface area (Å²) in [5, 5.41) is 2.84. The summed E-state index contributed by atoms with van der Waals surface area (Å²) in [6.45, 7) is 19.2. The standard InChI is InChI=1S/C9H8ClN.C7H13NO2.C3H7NO.C3H8.C2H6O.2C2H6/c1-3-7-5-8(4-2)9(10)11-6-7;1-3-10-7(9)8(2)6-4-5-6;1-2-4-3-5;2*1-3-2;2*1-2/h2,5-6H,3H2,1H3;6H,3-5H2,1-2H3;3H,2H2,1H3,(H,4,5);3H2,1-2H3;1-2H3;2*1-2H3. The first-order chi connectivity index (χ1) is 17.3. The van der Waals surface area contributed by atoms with Gasteiger partial charge in [0, 0.05) is 40.1 Å². The number of rotatable bonds is 5. The molecule has 1 saturated carbocycles. The molecule has 0 bridgehead atoms. The molecule has 1 heterocycles. The zero-order valence-corrected chi connectivity index (χ0v) is 25.8. The summed E-state index contributed by atoms with van der Waals surface area (Å²) in [6.07, 6.45) is 11.9. The molecule has 1 aliphatic rings. The molecule has 212 valence electrons. The lowest BCUT2D eigenvalue weighted by Crippen LogP contribution is -2.29. The number of methoxy groups -OCH3 is 1. The number of pyridine rings is 1. The van der Waals surface area contributed by atoms with Crippen molar-refractivity contribution in [2.24, 2.45) is 0 Å². The second-order valence-electron chi connectivity index (χ2n) is 6.51. The van der Waals surface area contributed by atoms with Crippen molar-refractivity contribution >= 4 is 24.1 Å². The quantitative estimate of drug-likeness (QED) is 0.251. The molecule has 0 spiro atoms. The van der Waals surface area contributed by atoms with Crippen LogP contribution in [0.4, 0.5) is 4.79 Å². The molecule has 0 radical (unpaired) electrons. The highest BCUT2D eigenvalue weighted by molar-refractivity contribution is 6.30. The van der Waals surface area contributed by atoms with Gasteiger partial charge in [0.2, 0.25) is 6.41 Å². The van der Waals surface area contributed by atoms with Gasteiger partial charge >= 0.3 is 6.09 Å². The third kappa shape index (κ3) is 31.7. The molecule has 1 fully saturated rings. The van der Waals surface area contributed by atoms with Gasteiger partial charge < -0.3 is 19.7 Å². The number of aryl methyl sites for hydroxylation is 1. The van der Waals surface area contributed by atoms with Crippen molar-refractivity contribution in [3.8, 4) is 12.3 Å². The second-order valence-corrected chi connectivity index (χ2v) is 6.87. The van der Waals surface area contributed by atoms with Crippen LogP contribution >= 0.6 is 11.6 Å². The molecule has 1 aliphatic carbocycles. The van der Waals surface area contributed by atoms with Gasteiger partial charge in [-0.15, -0.1) is 6.42 Å². The average Bonchev–Trinajstić information content (AvgIpc) is 3.74. The summed E-state index contributed by atoms with van der Waals surface area (Å²) >= 11 is 5.70. The predicted octanol–water partition coefficient (Wildman–Crippen LogP) is 7.00. The Labute approximate surface area is 227 Å². The number of nitrogens with one attached hydrogen (secondary N) is 1. The number of ether oxygens (including phenoxy) is 2. The van der Waals surface area contributed by atoms with Crippen LogP contribution in [0, 0.1) is 12.3 Å². The van der Waals surface area contributed by atoms with Gasteiger partial charge in [-0.2, -0.15) is 0 Å². The molecule has 0 unspecified atom stereocenters. The number of carbonyl (C=O) groups is 2. The van der Waals surface area contributed by atoms with Crippen molar-refractivity contribution in [2.45, 2.75) is 94.0 Å². The van der Waals surface area contributed by atoms with Gasteiger partial charge in [-0.05, 0) is 44.7 Å². The van der Waals surface area contributed by atoms with E-state index < -0.39 is 0 Å². The van der Waals surface area contributed by atoms with Gasteiger partial charge in [-0.1, -0.05) is 72.4 Å². The van der Waals surface area contributed by atoms with Gasteiger partial charge in [0.05, 0.1) is 12.2 Å². The van der Waals surface area contributed by atoms with Gasteiger partial charge in [0.15, 0.2) is 0 Å². The van der Waals surface area contributed by atoms with E-state index in [4.69, 9.17) is 22.8 Å². The van der Waals surface area contributed by atoms with E-state index in [-0.39, 0.29) is 6.09 Å². The molecule has 2 amide bonds. The average molecular weight is 532 g/mol. The second kappa shape index (κ2) is 37.3. The molecule has 0 aromatic carbocycles. The highest BCUT2D eigenvalue weighted by Gasteiger charge is 2.30. The molecule has 8 heteroatoms. The summed E-state index contributed by atoms with van der Waals surface area (Å²) < 4.78 is 9.04. The van der Waals surface area contributed by atoms with Crippen LogP contribution in [-0.2, 0) is 20.7 Å². The van der Waals surface area contributed by atoms with Crippen molar-refractivity contribution in [1.82, 2.24) is 15.2 Å². The number of terminal acetylenes is 1. The fourth-order valence-electron chi connectivity index (χ4n) is 1.71. The van der Waals surface area contributed by atoms with E-state index in [0.717, 1.165) is 31.4 Å². The molecule has 1 aromatic heterocycles. The smallest absolute Gasteiger partial charge is 0.409 e. The van der Waals surface area contributed by atoms with Crippen molar-refractivity contribution in [3.63, 3.8) is 0 Å². The summed E-state index contributed by atoms with van der Waals surface area (Å²) in [5.41, 5.74) is 1.79. The van der Waals surface area contributed by atoms with Crippen LogP contribution in [0.2, 0.25) is 5.15 Å². The normalized spacial score (nSPS) is 9.67. The maximum Gasteiger partial charge on any atom is 0.409 e. The molecule has 7 nitrogen and oxygen atoms in total. The van der Waals surface area contributed by atoms with Crippen molar-refractivity contribution in [1.29, 1.82) is 0 Å². The van der Waals surface area contributed by atoms with E-state index in [9.17, 15) is 9.59 Å². The van der Waals surface area contributed by atoms with Crippen molar-refractivity contribution in [3.05, 3.63) is 28.5 Å². The van der Waals surface area contributed by atoms with Gasteiger partial charge in [0.25, 0.3) is 0 Å². The predicted molar refractivity (Wildman–Crippen MR) is 156 cm³/mol. The van der Waals surface area contributed by atoms with Crippen molar-refractivity contribution in [2.75, 3.05) is 34.4 Å². The minimum absolute atomic E-state index is 0.190. The first-order valence-corrected chi connectivity index (χ1v) is 13.2. The molecule has 36 heavy (non-hydrogen) atoms. The fraction of sp³-hybridized carbons (Fsp3) is 0.679. The lowest BCUT2D eigenvalue weighted by molar-refractivity contribution is -0.109. The van der Waals surface area contributed by atoms with Gasteiger partial charge in [-0.3, -0.25) is 4.79 Å². The number of amides is 2. The van der Waals surface area contributed by atoms with Crippen LogP contribution < -0.4 is 5.32 Å². The van der Waals surface area contributed by atoms with Crippen LogP contribution in [0.15, 0.2) is 12.3 Å². The summed E-state index contributed by atoms with van der Waals surface area (Å²) in [6, 6.07) is 2.34. The van der Waals surface area contributed by atoms with Crippen LogP contribution in [0.3, 0.4) is 0 Å². The topological polar surface area (TPSA) is 80.8 Å². The van der Waals surface area contributed by atoms with Crippen LogP contribution in [0.25, 0.3) is 0 Å².